The van der Waals surface area contributed by atoms with Gasteiger partial charge in [-0.2, -0.15) is 0 Å². The van der Waals surface area contributed by atoms with Gasteiger partial charge in [0.15, 0.2) is 11.6 Å². The highest BCUT2D eigenvalue weighted by molar-refractivity contribution is 5.92. The highest BCUT2D eigenvalue weighted by atomic mass is 16.4. The van der Waals surface area contributed by atoms with E-state index in [0.29, 0.717) is 22.6 Å². The first-order valence-corrected chi connectivity index (χ1v) is 5.01. The Balaban J connectivity index is 2.16. The van der Waals surface area contributed by atoms with Crippen molar-refractivity contribution in [1.29, 1.82) is 0 Å². The second-order valence-electron chi connectivity index (χ2n) is 3.60. The summed E-state index contributed by atoms with van der Waals surface area (Å²) in [5.41, 5.74) is 1.62. The number of benzene rings is 1. The summed E-state index contributed by atoms with van der Waals surface area (Å²) in [4.78, 5) is 18.2. The standard InChI is InChI=1S/C12H8N2O3/c15-12(16)7-3-4-8-9(6-7)14-11(13-8)10-2-1-5-17-10/h1-6H,(H,13,14)(H,15,16). The van der Waals surface area contributed by atoms with Crippen LogP contribution >= 0.6 is 0 Å². The molecule has 84 valence electrons. The van der Waals surface area contributed by atoms with E-state index in [-0.39, 0.29) is 5.56 Å². The smallest absolute Gasteiger partial charge is 0.335 e. The molecule has 0 saturated carbocycles. The summed E-state index contributed by atoms with van der Waals surface area (Å²) in [6.45, 7) is 0. The minimum absolute atomic E-state index is 0.229. The molecule has 17 heavy (non-hydrogen) atoms. The van der Waals surface area contributed by atoms with E-state index in [4.69, 9.17) is 9.52 Å². The average Bonchev–Trinajstić information content (AvgIpc) is 2.96. The predicted molar refractivity (Wildman–Crippen MR) is 60.8 cm³/mol. The van der Waals surface area contributed by atoms with Gasteiger partial charge in [-0.3, -0.25) is 0 Å². The zero-order valence-corrected chi connectivity index (χ0v) is 8.68. The van der Waals surface area contributed by atoms with Crippen LogP contribution < -0.4 is 0 Å². The number of carbonyl (C=O) groups is 1. The summed E-state index contributed by atoms with van der Waals surface area (Å²) in [7, 11) is 0. The molecule has 0 fully saturated rings. The number of aromatic nitrogens is 2. The first-order valence-electron chi connectivity index (χ1n) is 5.01. The van der Waals surface area contributed by atoms with Crippen LogP contribution in [0, 0.1) is 0 Å². The summed E-state index contributed by atoms with van der Waals surface area (Å²) in [6, 6.07) is 8.30. The van der Waals surface area contributed by atoms with Gasteiger partial charge in [0.1, 0.15) is 0 Å². The molecular weight excluding hydrogens is 220 g/mol. The van der Waals surface area contributed by atoms with E-state index in [1.165, 1.54) is 6.07 Å². The number of aromatic carboxylic acids is 1. The molecular formula is C12H8N2O3. The third-order valence-electron chi connectivity index (χ3n) is 2.48. The molecule has 2 N–H and O–H groups in total. The largest absolute Gasteiger partial charge is 0.478 e. The van der Waals surface area contributed by atoms with E-state index in [1.807, 2.05) is 0 Å². The summed E-state index contributed by atoms with van der Waals surface area (Å²) in [5.74, 6) is 0.256. The van der Waals surface area contributed by atoms with E-state index in [2.05, 4.69) is 9.97 Å². The number of carboxylic acid groups (broad SMARTS) is 1. The lowest BCUT2D eigenvalue weighted by Gasteiger charge is -1.92. The van der Waals surface area contributed by atoms with Gasteiger partial charge in [0.25, 0.3) is 0 Å². The molecule has 2 aromatic heterocycles. The highest BCUT2D eigenvalue weighted by Gasteiger charge is 2.09. The van der Waals surface area contributed by atoms with Crippen LogP contribution in [-0.4, -0.2) is 21.0 Å². The Labute approximate surface area is 95.7 Å². The molecule has 0 bridgehead atoms. The Morgan fingerprint density at radius 2 is 2.24 bits per heavy atom. The van der Waals surface area contributed by atoms with E-state index in [9.17, 15) is 4.79 Å². The van der Waals surface area contributed by atoms with Gasteiger partial charge in [0.2, 0.25) is 0 Å². The van der Waals surface area contributed by atoms with Crippen molar-refractivity contribution in [3.8, 4) is 11.6 Å². The van der Waals surface area contributed by atoms with Gasteiger partial charge < -0.3 is 14.5 Å². The molecule has 0 amide bonds. The Hall–Kier alpha value is -2.56. The third-order valence-corrected chi connectivity index (χ3v) is 2.48. The van der Waals surface area contributed by atoms with Crippen molar-refractivity contribution in [3.05, 3.63) is 42.2 Å². The van der Waals surface area contributed by atoms with Gasteiger partial charge in [0.05, 0.1) is 22.9 Å². The zero-order chi connectivity index (χ0) is 11.8. The number of rotatable bonds is 2. The van der Waals surface area contributed by atoms with E-state index >= 15 is 0 Å². The Kier molecular flexibility index (Phi) is 1.98. The number of H-pyrrole nitrogens is 1. The molecule has 5 nitrogen and oxygen atoms in total. The molecule has 3 rings (SSSR count). The molecule has 2 heterocycles. The van der Waals surface area contributed by atoms with Crippen molar-refractivity contribution in [2.24, 2.45) is 0 Å². The number of hydrogen-bond acceptors (Lipinski definition) is 3. The molecule has 3 aromatic rings. The van der Waals surface area contributed by atoms with Crippen LogP contribution in [-0.2, 0) is 0 Å². The van der Waals surface area contributed by atoms with Crippen molar-refractivity contribution in [2.75, 3.05) is 0 Å². The number of aromatic amines is 1. The highest BCUT2D eigenvalue weighted by Crippen LogP contribution is 2.21. The second kappa shape index (κ2) is 3.48. The number of imidazole rings is 1. The quantitative estimate of drug-likeness (QED) is 0.706. The average molecular weight is 228 g/mol. The third kappa shape index (κ3) is 1.57. The maximum absolute atomic E-state index is 10.8. The Morgan fingerprint density at radius 3 is 2.94 bits per heavy atom. The normalized spacial score (nSPS) is 10.8. The maximum atomic E-state index is 10.8. The minimum atomic E-state index is -0.957. The van der Waals surface area contributed by atoms with Crippen LogP contribution in [0.25, 0.3) is 22.6 Å². The molecule has 0 aliphatic rings. The fraction of sp³-hybridized carbons (Fsp3) is 0. The second-order valence-corrected chi connectivity index (χ2v) is 3.60. The molecule has 0 aliphatic heterocycles. The van der Waals surface area contributed by atoms with Crippen molar-refractivity contribution in [1.82, 2.24) is 9.97 Å². The van der Waals surface area contributed by atoms with E-state index in [0.717, 1.165) is 0 Å². The molecule has 0 aliphatic carbocycles. The summed E-state index contributed by atoms with van der Waals surface area (Å²) in [6.07, 6.45) is 1.56. The van der Waals surface area contributed by atoms with Gasteiger partial charge in [-0.15, -0.1) is 0 Å². The molecule has 0 radical (unpaired) electrons. The molecule has 1 aromatic carbocycles. The Morgan fingerprint density at radius 1 is 1.35 bits per heavy atom. The predicted octanol–water partition coefficient (Wildman–Crippen LogP) is 2.52. The van der Waals surface area contributed by atoms with Crippen LogP contribution in [0.2, 0.25) is 0 Å². The van der Waals surface area contributed by atoms with E-state index < -0.39 is 5.97 Å². The fourth-order valence-corrected chi connectivity index (χ4v) is 1.67. The monoisotopic (exact) mass is 228 g/mol. The number of nitrogens with zero attached hydrogens (tertiary/aromatic N) is 1. The minimum Gasteiger partial charge on any atom is -0.478 e. The maximum Gasteiger partial charge on any atom is 0.335 e. The number of nitrogens with one attached hydrogen (secondary N) is 1. The zero-order valence-electron chi connectivity index (χ0n) is 8.68. The van der Waals surface area contributed by atoms with Gasteiger partial charge in [-0.05, 0) is 30.3 Å². The fourth-order valence-electron chi connectivity index (χ4n) is 1.67. The van der Waals surface area contributed by atoms with Gasteiger partial charge in [0, 0.05) is 0 Å². The first kappa shape index (κ1) is 9.65. The van der Waals surface area contributed by atoms with Crippen molar-refractivity contribution < 1.29 is 14.3 Å². The van der Waals surface area contributed by atoms with Gasteiger partial charge in [-0.1, -0.05) is 0 Å². The van der Waals surface area contributed by atoms with E-state index in [1.54, 1.807) is 30.5 Å². The van der Waals surface area contributed by atoms with Crippen molar-refractivity contribution in [3.63, 3.8) is 0 Å². The van der Waals surface area contributed by atoms with Crippen LogP contribution in [0.4, 0.5) is 0 Å². The van der Waals surface area contributed by atoms with Crippen molar-refractivity contribution in [2.45, 2.75) is 0 Å². The molecule has 0 unspecified atom stereocenters. The number of hydrogen-bond donors (Lipinski definition) is 2. The summed E-state index contributed by atoms with van der Waals surface area (Å²) in [5, 5.41) is 8.88. The lowest BCUT2D eigenvalue weighted by molar-refractivity contribution is 0.0697. The van der Waals surface area contributed by atoms with Gasteiger partial charge in [-0.25, -0.2) is 9.78 Å². The Bertz CT molecular complexity index is 683. The van der Waals surface area contributed by atoms with Crippen LogP contribution in [0.1, 0.15) is 10.4 Å². The lowest BCUT2D eigenvalue weighted by atomic mass is 10.2. The van der Waals surface area contributed by atoms with Crippen LogP contribution in [0.5, 0.6) is 0 Å². The van der Waals surface area contributed by atoms with Gasteiger partial charge >= 0.3 is 5.97 Å². The number of furan rings is 1. The van der Waals surface area contributed by atoms with Crippen molar-refractivity contribution >= 4 is 17.0 Å². The lowest BCUT2D eigenvalue weighted by Crippen LogP contribution is -1.94. The number of fused-ring (bicyclic) bond motifs is 1. The SMILES string of the molecule is O=C(O)c1ccc2nc(-c3ccco3)[nH]c2c1. The summed E-state index contributed by atoms with van der Waals surface area (Å²) >= 11 is 0. The topological polar surface area (TPSA) is 79.1 Å². The molecule has 0 atom stereocenters. The molecule has 5 heteroatoms. The molecule has 0 saturated heterocycles. The first-order chi connectivity index (χ1) is 8.24. The summed E-state index contributed by atoms with van der Waals surface area (Å²) < 4.78 is 5.22. The van der Waals surface area contributed by atoms with Crippen LogP contribution in [0.3, 0.4) is 0 Å². The molecule has 0 spiro atoms. The number of carboxylic acids is 1. The van der Waals surface area contributed by atoms with Crippen LogP contribution in [0.15, 0.2) is 41.0 Å².